The summed E-state index contributed by atoms with van der Waals surface area (Å²) in [6.07, 6.45) is 0. The van der Waals surface area contributed by atoms with Crippen LogP contribution in [0.2, 0.25) is 0 Å². The number of hydrogen-bond acceptors (Lipinski definition) is 3. The molecule has 0 aliphatic carbocycles. The number of amides is 1. The van der Waals surface area contributed by atoms with Crippen LogP contribution in [0.5, 0.6) is 0 Å². The summed E-state index contributed by atoms with van der Waals surface area (Å²) in [6.45, 7) is 7.33. The van der Waals surface area contributed by atoms with Gasteiger partial charge in [0.25, 0.3) is 5.91 Å². The second-order valence-electron chi connectivity index (χ2n) is 6.61. The molecule has 1 amide bonds. The average molecular weight is 311 g/mol. The molecular weight excluding hydrogens is 291 g/mol. The molecule has 22 heavy (non-hydrogen) atoms. The summed E-state index contributed by atoms with van der Waals surface area (Å²) in [5.74, 6) is -2.60. The molecule has 0 spiro atoms. The van der Waals surface area contributed by atoms with Gasteiger partial charge in [-0.25, -0.2) is 8.78 Å². The van der Waals surface area contributed by atoms with Crippen molar-refractivity contribution in [1.29, 1.82) is 0 Å². The molecule has 1 saturated heterocycles. The molecule has 0 radical (unpaired) electrons. The molecule has 1 aromatic rings. The van der Waals surface area contributed by atoms with Crippen LogP contribution in [0.1, 0.15) is 38.1 Å². The Balaban J connectivity index is 2.47. The largest absolute Gasteiger partial charge is 0.497 e. The zero-order valence-electron chi connectivity index (χ0n) is 13.7. The lowest BCUT2D eigenvalue weighted by Gasteiger charge is -2.32. The number of hydrogen-bond donors (Lipinski definition) is 0. The summed E-state index contributed by atoms with van der Waals surface area (Å²) < 4.78 is 40.0. The van der Waals surface area contributed by atoms with Crippen LogP contribution in [0.4, 0.5) is 8.78 Å². The van der Waals surface area contributed by atoms with Gasteiger partial charge in [0.05, 0.1) is 11.2 Å². The predicted molar refractivity (Wildman–Crippen MR) is 80.1 cm³/mol. The standard InChI is InChI=1S/C15H20BF2NO3/c1-14(2)15(3,4)22-16(21-14)9-7-8-10(17)11(12(9)18)13(20)19(5)6/h7-8H,1-6H3. The van der Waals surface area contributed by atoms with Crippen LogP contribution in [0.3, 0.4) is 0 Å². The molecular formula is C15H20BF2NO3. The van der Waals surface area contributed by atoms with Crippen LogP contribution in [0.15, 0.2) is 12.1 Å². The molecule has 0 aromatic heterocycles. The Bertz CT molecular complexity index is 601. The molecule has 7 heteroatoms. The number of benzene rings is 1. The van der Waals surface area contributed by atoms with E-state index in [1.807, 2.05) is 27.7 Å². The van der Waals surface area contributed by atoms with Crippen molar-refractivity contribution in [1.82, 2.24) is 4.90 Å². The minimum atomic E-state index is -0.987. The van der Waals surface area contributed by atoms with Gasteiger partial charge < -0.3 is 14.2 Å². The van der Waals surface area contributed by atoms with E-state index in [0.717, 1.165) is 11.0 Å². The van der Waals surface area contributed by atoms with E-state index in [4.69, 9.17) is 9.31 Å². The maximum Gasteiger partial charge on any atom is 0.497 e. The van der Waals surface area contributed by atoms with Gasteiger partial charge in [-0.15, -0.1) is 0 Å². The van der Waals surface area contributed by atoms with Crippen LogP contribution >= 0.6 is 0 Å². The molecule has 1 fully saturated rings. The van der Waals surface area contributed by atoms with E-state index in [1.54, 1.807) is 0 Å². The molecule has 1 aliphatic rings. The van der Waals surface area contributed by atoms with Gasteiger partial charge in [-0.05, 0) is 33.8 Å². The van der Waals surface area contributed by atoms with Gasteiger partial charge in [0.15, 0.2) is 0 Å². The highest BCUT2D eigenvalue weighted by atomic mass is 19.1. The quantitative estimate of drug-likeness (QED) is 0.784. The lowest BCUT2D eigenvalue weighted by Crippen LogP contribution is -2.41. The lowest BCUT2D eigenvalue weighted by molar-refractivity contribution is 0.00578. The summed E-state index contributed by atoms with van der Waals surface area (Å²) in [6, 6.07) is 2.31. The van der Waals surface area contributed by atoms with E-state index in [-0.39, 0.29) is 5.46 Å². The smallest absolute Gasteiger partial charge is 0.399 e. The Labute approximate surface area is 129 Å². The van der Waals surface area contributed by atoms with E-state index in [9.17, 15) is 13.6 Å². The third-order valence-electron chi connectivity index (χ3n) is 4.25. The van der Waals surface area contributed by atoms with Crippen molar-refractivity contribution >= 4 is 18.5 Å². The van der Waals surface area contributed by atoms with Crippen molar-refractivity contribution in [3.05, 3.63) is 29.3 Å². The van der Waals surface area contributed by atoms with E-state index in [1.165, 1.54) is 20.2 Å². The van der Waals surface area contributed by atoms with Crippen LogP contribution in [-0.4, -0.2) is 43.2 Å². The highest BCUT2D eigenvalue weighted by Crippen LogP contribution is 2.36. The Morgan fingerprint density at radius 3 is 2.05 bits per heavy atom. The van der Waals surface area contributed by atoms with Crippen LogP contribution in [0, 0.1) is 11.6 Å². The average Bonchev–Trinajstić information content (AvgIpc) is 2.57. The summed E-state index contributed by atoms with van der Waals surface area (Å²) in [4.78, 5) is 13.1. The molecule has 1 aromatic carbocycles. The predicted octanol–water partition coefficient (Wildman–Crippen LogP) is 1.97. The van der Waals surface area contributed by atoms with Gasteiger partial charge in [-0.2, -0.15) is 0 Å². The van der Waals surface area contributed by atoms with Gasteiger partial charge in [0.1, 0.15) is 17.2 Å². The minimum Gasteiger partial charge on any atom is -0.399 e. The minimum absolute atomic E-state index is 0.0188. The zero-order valence-corrected chi connectivity index (χ0v) is 13.7. The van der Waals surface area contributed by atoms with Gasteiger partial charge >= 0.3 is 7.12 Å². The fraction of sp³-hybridized carbons (Fsp3) is 0.533. The first-order valence-corrected chi connectivity index (χ1v) is 7.03. The fourth-order valence-electron chi connectivity index (χ4n) is 2.14. The number of rotatable bonds is 2. The molecule has 0 N–H and O–H groups in total. The summed E-state index contributed by atoms with van der Waals surface area (Å²) in [7, 11) is 1.88. The topological polar surface area (TPSA) is 38.8 Å². The highest BCUT2D eigenvalue weighted by Gasteiger charge is 2.52. The fourth-order valence-corrected chi connectivity index (χ4v) is 2.14. The molecule has 0 unspecified atom stereocenters. The van der Waals surface area contributed by atoms with Crippen molar-refractivity contribution < 1.29 is 22.9 Å². The monoisotopic (exact) mass is 311 g/mol. The second-order valence-corrected chi connectivity index (χ2v) is 6.61. The number of carbonyl (C=O) groups excluding carboxylic acids is 1. The molecule has 120 valence electrons. The molecule has 0 bridgehead atoms. The Kier molecular flexibility index (Phi) is 4.08. The maximum absolute atomic E-state index is 14.7. The molecule has 0 atom stereocenters. The molecule has 0 saturated carbocycles. The van der Waals surface area contributed by atoms with E-state index < -0.39 is 41.4 Å². The third-order valence-corrected chi connectivity index (χ3v) is 4.25. The molecule has 4 nitrogen and oxygen atoms in total. The van der Waals surface area contributed by atoms with Crippen LogP contribution in [0.25, 0.3) is 0 Å². The van der Waals surface area contributed by atoms with E-state index >= 15 is 0 Å². The van der Waals surface area contributed by atoms with Crippen molar-refractivity contribution in [2.75, 3.05) is 14.1 Å². The van der Waals surface area contributed by atoms with Gasteiger partial charge in [0.2, 0.25) is 0 Å². The summed E-state index contributed by atoms with van der Waals surface area (Å²) in [5.41, 5.74) is -1.88. The van der Waals surface area contributed by atoms with Crippen LogP contribution in [-0.2, 0) is 9.31 Å². The third kappa shape index (κ3) is 2.63. The SMILES string of the molecule is CN(C)C(=O)c1c(F)ccc(B2OC(C)(C)C(C)(C)O2)c1F. The highest BCUT2D eigenvalue weighted by molar-refractivity contribution is 6.62. The van der Waals surface area contributed by atoms with Crippen molar-refractivity contribution in [3.63, 3.8) is 0 Å². The maximum atomic E-state index is 14.7. The number of nitrogens with zero attached hydrogens (tertiary/aromatic N) is 1. The van der Waals surface area contributed by atoms with Crippen molar-refractivity contribution in [2.24, 2.45) is 0 Å². The van der Waals surface area contributed by atoms with Crippen LogP contribution < -0.4 is 5.46 Å². The Morgan fingerprint density at radius 2 is 1.59 bits per heavy atom. The Hall–Kier alpha value is -1.47. The van der Waals surface area contributed by atoms with Gasteiger partial charge in [0, 0.05) is 19.6 Å². The normalized spacial score (nSPS) is 19.4. The summed E-state index contributed by atoms with van der Waals surface area (Å²) in [5, 5.41) is 0. The number of carbonyl (C=O) groups is 1. The van der Waals surface area contributed by atoms with Crippen molar-refractivity contribution in [3.8, 4) is 0 Å². The molecule has 1 aliphatic heterocycles. The first-order valence-electron chi connectivity index (χ1n) is 7.03. The first-order chi connectivity index (χ1) is 9.98. The zero-order chi connectivity index (χ0) is 16.9. The van der Waals surface area contributed by atoms with E-state index in [0.29, 0.717) is 0 Å². The first kappa shape index (κ1) is 16.9. The van der Waals surface area contributed by atoms with Gasteiger partial charge in [-0.1, -0.05) is 6.07 Å². The lowest BCUT2D eigenvalue weighted by atomic mass is 9.77. The second kappa shape index (κ2) is 5.31. The van der Waals surface area contributed by atoms with Crippen molar-refractivity contribution in [2.45, 2.75) is 38.9 Å². The molecule has 1 heterocycles. The van der Waals surface area contributed by atoms with Gasteiger partial charge in [-0.3, -0.25) is 4.79 Å². The summed E-state index contributed by atoms with van der Waals surface area (Å²) >= 11 is 0. The van der Waals surface area contributed by atoms with E-state index in [2.05, 4.69) is 0 Å². The number of halogens is 2. The molecule has 2 rings (SSSR count). The Morgan fingerprint density at radius 1 is 1.09 bits per heavy atom.